The average molecular weight is 314 g/mol. The third-order valence-corrected chi connectivity index (χ3v) is 4.48. The maximum absolute atomic E-state index is 5.82. The first kappa shape index (κ1) is 13.6. The molecule has 0 aliphatic rings. The summed E-state index contributed by atoms with van der Waals surface area (Å²) in [6.07, 6.45) is 1.98. The van der Waals surface area contributed by atoms with Gasteiger partial charge in [0.15, 0.2) is 0 Å². The van der Waals surface area contributed by atoms with E-state index in [2.05, 4.69) is 48.2 Å². The van der Waals surface area contributed by atoms with E-state index in [4.69, 9.17) is 11.6 Å². The molecule has 1 rings (SSSR count). The Hall–Kier alpha value is -0.454. The Labute approximate surface area is 110 Å². The minimum atomic E-state index is -1.22. The Morgan fingerprint density at radius 2 is 1.81 bits per heavy atom. The fraction of sp³-hybridized carbons (Fsp3) is 0.231. The van der Waals surface area contributed by atoms with Gasteiger partial charge in [-0.2, -0.15) is 0 Å². The molecule has 0 heterocycles. The van der Waals surface area contributed by atoms with Gasteiger partial charge in [0.1, 0.15) is 0 Å². The molecule has 0 aliphatic heterocycles. The summed E-state index contributed by atoms with van der Waals surface area (Å²) in [5, 5.41) is 0.794. The molecule has 0 aliphatic carbocycles. The van der Waals surface area contributed by atoms with Crippen molar-refractivity contribution in [3.63, 3.8) is 0 Å². The molecule has 1 aromatic rings. The molecular formula is C13H15ClSeSi. The first-order chi connectivity index (χ1) is 7.47. The van der Waals surface area contributed by atoms with Crippen LogP contribution in [0.25, 0.3) is 0 Å². The monoisotopic (exact) mass is 314 g/mol. The molecule has 0 saturated heterocycles. The van der Waals surface area contributed by atoms with Gasteiger partial charge >= 0.3 is 111 Å². The second-order valence-corrected chi connectivity index (χ2v) is 11.6. The van der Waals surface area contributed by atoms with Crippen LogP contribution in [0.3, 0.4) is 0 Å². The Bertz CT molecular complexity index is 418. The number of halogens is 1. The van der Waals surface area contributed by atoms with E-state index in [0.29, 0.717) is 15.0 Å². The van der Waals surface area contributed by atoms with Crippen LogP contribution in [-0.4, -0.2) is 23.0 Å². The topological polar surface area (TPSA) is 0 Å². The van der Waals surface area contributed by atoms with Crippen molar-refractivity contribution in [1.29, 1.82) is 0 Å². The van der Waals surface area contributed by atoms with Gasteiger partial charge in [0.25, 0.3) is 0 Å². The van der Waals surface area contributed by atoms with Gasteiger partial charge in [-0.05, 0) is 0 Å². The molecule has 0 N–H and O–H groups in total. The third-order valence-electron chi connectivity index (χ3n) is 1.62. The van der Waals surface area contributed by atoms with Crippen LogP contribution in [-0.2, 0) is 0 Å². The van der Waals surface area contributed by atoms with Gasteiger partial charge in [-0.15, -0.1) is 0 Å². The summed E-state index contributed by atoms with van der Waals surface area (Å²) in [7, 11) is -1.22. The van der Waals surface area contributed by atoms with Crippen LogP contribution in [0.2, 0.25) is 24.7 Å². The van der Waals surface area contributed by atoms with E-state index in [0.717, 1.165) is 5.02 Å². The number of allylic oxidation sites excluding steroid dienone is 1. The molecule has 0 spiro atoms. The number of hydrogen-bond acceptors (Lipinski definition) is 0. The first-order valence-electron chi connectivity index (χ1n) is 5.07. The van der Waals surface area contributed by atoms with Crippen LogP contribution in [0.5, 0.6) is 0 Å². The fourth-order valence-corrected chi connectivity index (χ4v) is 2.79. The second kappa shape index (κ2) is 6.32. The Balaban J connectivity index is 2.48. The van der Waals surface area contributed by atoms with Gasteiger partial charge in [-0.3, -0.25) is 0 Å². The molecule has 0 radical (unpaired) electrons. The molecule has 0 aromatic heterocycles. The quantitative estimate of drug-likeness (QED) is 0.581. The first-order valence-corrected chi connectivity index (χ1v) is 10.8. The van der Waals surface area contributed by atoms with Crippen molar-refractivity contribution in [3.8, 4) is 11.5 Å². The van der Waals surface area contributed by atoms with Crippen molar-refractivity contribution in [2.24, 2.45) is 0 Å². The zero-order valence-electron chi connectivity index (χ0n) is 9.75. The second-order valence-electron chi connectivity index (χ2n) is 4.39. The molecule has 0 amide bonds. The molecular weight excluding hydrogens is 299 g/mol. The van der Waals surface area contributed by atoms with Gasteiger partial charge in [-0.25, -0.2) is 0 Å². The van der Waals surface area contributed by atoms with Crippen LogP contribution in [0.4, 0.5) is 0 Å². The molecule has 1 aromatic carbocycles. The van der Waals surface area contributed by atoms with Gasteiger partial charge in [0.2, 0.25) is 0 Å². The summed E-state index contributed by atoms with van der Waals surface area (Å²) in [4.78, 5) is 2.16. The third kappa shape index (κ3) is 6.20. The SMILES string of the molecule is C[Si](C)(C)C#C/C=C/[Se]c1ccc(Cl)cc1. The zero-order chi connectivity index (χ0) is 12.0. The summed E-state index contributed by atoms with van der Waals surface area (Å²) in [5.74, 6) is 3.13. The van der Waals surface area contributed by atoms with Crippen LogP contribution in [0.15, 0.2) is 35.3 Å². The van der Waals surface area contributed by atoms with Crippen LogP contribution < -0.4 is 4.46 Å². The summed E-state index contributed by atoms with van der Waals surface area (Å²) in [5.41, 5.74) is 3.31. The van der Waals surface area contributed by atoms with E-state index in [-0.39, 0.29) is 0 Å². The van der Waals surface area contributed by atoms with Gasteiger partial charge < -0.3 is 0 Å². The van der Waals surface area contributed by atoms with Gasteiger partial charge in [0.05, 0.1) is 0 Å². The average Bonchev–Trinajstić information content (AvgIpc) is 2.19. The molecule has 0 bridgehead atoms. The number of benzene rings is 1. The van der Waals surface area contributed by atoms with Crippen molar-refractivity contribution < 1.29 is 0 Å². The standard InChI is InChI=1S/C13H15ClSeSi/c1-16(2,3)11-5-4-10-15-13-8-6-12(14)7-9-13/h4,6-10H,1-3H3/b10-4+. The van der Waals surface area contributed by atoms with Gasteiger partial charge in [0, 0.05) is 0 Å². The molecule has 0 nitrogen and oxygen atoms in total. The van der Waals surface area contributed by atoms with Crippen molar-refractivity contribution >= 4 is 39.1 Å². The summed E-state index contributed by atoms with van der Waals surface area (Å²) in [6.45, 7) is 6.74. The van der Waals surface area contributed by atoms with E-state index in [1.807, 2.05) is 18.2 Å². The Morgan fingerprint density at radius 1 is 1.19 bits per heavy atom. The van der Waals surface area contributed by atoms with E-state index in [1.54, 1.807) is 0 Å². The summed E-state index contributed by atoms with van der Waals surface area (Å²) in [6, 6.07) is 8.00. The summed E-state index contributed by atoms with van der Waals surface area (Å²) >= 11 is 6.18. The minimum absolute atomic E-state index is 0.360. The van der Waals surface area contributed by atoms with Crippen molar-refractivity contribution in [3.05, 3.63) is 40.3 Å². The van der Waals surface area contributed by atoms with Crippen LogP contribution in [0, 0.1) is 11.5 Å². The van der Waals surface area contributed by atoms with E-state index in [9.17, 15) is 0 Å². The van der Waals surface area contributed by atoms with E-state index >= 15 is 0 Å². The zero-order valence-corrected chi connectivity index (χ0v) is 13.2. The number of hydrogen-bond donors (Lipinski definition) is 0. The van der Waals surface area contributed by atoms with Crippen LogP contribution >= 0.6 is 11.6 Å². The normalized spacial score (nSPS) is 11.2. The van der Waals surface area contributed by atoms with Gasteiger partial charge in [-0.1, -0.05) is 0 Å². The van der Waals surface area contributed by atoms with Crippen molar-refractivity contribution in [2.45, 2.75) is 19.6 Å². The molecule has 0 fully saturated rings. The molecule has 16 heavy (non-hydrogen) atoms. The summed E-state index contributed by atoms with van der Waals surface area (Å²) < 4.78 is 1.32. The predicted molar refractivity (Wildman–Crippen MR) is 77.1 cm³/mol. The van der Waals surface area contributed by atoms with E-state index < -0.39 is 8.07 Å². The van der Waals surface area contributed by atoms with Crippen molar-refractivity contribution in [1.82, 2.24) is 0 Å². The molecule has 3 heteroatoms. The predicted octanol–water partition coefficient (Wildman–Crippen LogP) is 3.06. The van der Waals surface area contributed by atoms with Crippen molar-refractivity contribution in [2.75, 3.05) is 0 Å². The molecule has 0 unspecified atom stereocenters. The Morgan fingerprint density at radius 3 is 2.38 bits per heavy atom. The number of rotatable bonds is 2. The molecule has 84 valence electrons. The molecule has 0 atom stereocenters. The fourth-order valence-electron chi connectivity index (χ4n) is 0.918. The molecule has 0 saturated carbocycles. The van der Waals surface area contributed by atoms with E-state index in [1.165, 1.54) is 4.46 Å². The van der Waals surface area contributed by atoms with Crippen LogP contribution in [0.1, 0.15) is 0 Å². The Kier molecular flexibility index (Phi) is 5.38. The maximum atomic E-state index is 5.82.